The van der Waals surface area contributed by atoms with Gasteiger partial charge < -0.3 is 9.64 Å². The van der Waals surface area contributed by atoms with Crippen LogP contribution in [0.5, 0.6) is 0 Å². The van der Waals surface area contributed by atoms with Gasteiger partial charge in [0.15, 0.2) is 0 Å². The highest BCUT2D eigenvalue weighted by Crippen LogP contribution is 2.05. The standard InChI is InChI=1S/C17H24N2O2/c1-21-17(20)9-11-19-14-12-18(13-15-19)10-5-8-16-6-3-2-4-7-16/h2-8H,9-15H2,1H3/b8-5+. The number of carbonyl (C=O) groups excluding carboxylic acids is 1. The molecule has 1 aromatic carbocycles. The molecule has 0 spiro atoms. The van der Waals surface area contributed by atoms with Crippen molar-refractivity contribution >= 4 is 12.0 Å². The molecule has 1 aliphatic rings. The van der Waals surface area contributed by atoms with Gasteiger partial charge in [0.1, 0.15) is 0 Å². The number of hydrogen-bond acceptors (Lipinski definition) is 4. The lowest BCUT2D eigenvalue weighted by atomic mass is 10.2. The predicted octanol–water partition coefficient (Wildman–Crippen LogP) is 1.88. The Morgan fingerprint density at radius 3 is 2.48 bits per heavy atom. The Kier molecular flexibility index (Phi) is 6.44. The quantitative estimate of drug-likeness (QED) is 0.748. The van der Waals surface area contributed by atoms with Crippen LogP contribution in [-0.4, -0.2) is 62.1 Å². The van der Waals surface area contributed by atoms with Crippen molar-refractivity contribution in [3.63, 3.8) is 0 Å². The first-order valence-corrected chi connectivity index (χ1v) is 7.51. The van der Waals surface area contributed by atoms with E-state index in [0.717, 1.165) is 39.3 Å². The van der Waals surface area contributed by atoms with Gasteiger partial charge in [-0.05, 0) is 5.56 Å². The van der Waals surface area contributed by atoms with Gasteiger partial charge in [0.25, 0.3) is 0 Å². The van der Waals surface area contributed by atoms with E-state index in [9.17, 15) is 4.79 Å². The fourth-order valence-electron chi connectivity index (χ4n) is 2.45. The number of esters is 1. The van der Waals surface area contributed by atoms with Crippen molar-refractivity contribution in [1.82, 2.24) is 9.80 Å². The molecule has 0 atom stereocenters. The van der Waals surface area contributed by atoms with Crippen molar-refractivity contribution in [3.8, 4) is 0 Å². The van der Waals surface area contributed by atoms with Crippen molar-refractivity contribution in [2.24, 2.45) is 0 Å². The molecule has 0 bridgehead atoms. The Morgan fingerprint density at radius 1 is 1.14 bits per heavy atom. The topological polar surface area (TPSA) is 32.8 Å². The lowest BCUT2D eigenvalue weighted by Gasteiger charge is -2.33. The average molecular weight is 288 g/mol. The third-order valence-corrected chi connectivity index (χ3v) is 3.80. The summed E-state index contributed by atoms with van der Waals surface area (Å²) < 4.78 is 4.67. The molecule has 0 saturated carbocycles. The molecule has 4 heteroatoms. The zero-order valence-corrected chi connectivity index (χ0v) is 12.7. The molecule has 4 nitrogen and oxygen atoms in total. The smallest absolute Gasteiger partial charge is 0.306 e. The van der Waals surface area contributed by atoms with E-state index in [4.69, 9.17) is 0 Å². The minimum absolute atomic E-state index is 0.122. The molecule has 1 aromatic rings. The van der Waals surface area contributed by atoms with E-state index in [0.29, 0.717) is 6.42 Å². The minimum Gasteiger partial charge on any atom is -0.469 e. The molecule has 0 aromatic heterocycles. The molecule has 1 fully saturated rings. The number of piperazine rings is 1. The van der Waals surface area contributed by atoms with Gasteiger partial charge in [-0.2, -0.15) is 0 Å². The molecule has 0 radical (unpaired) electrons. The Hall–Kier alpha value is -1.65. The zero-order chi connectivity index (χ0) is 14.9. The maximum atomic E-state index is 11.1. The Bertz CT molecular complexity index is 451. The molecule has 0 aliphatic carbocycles. The molecule has 1 aliphatic heterocycles. The Morgan fingerprint density at radius 2 is 1.81 bits per heavy atom. The molecule has 114 valence electrons. The van der Waals surface area contributed by atoms with Gasteiger partial charge >= 0.3 is 5.97 Å². The second kappa shape index (κ2) is 8.60. The SMILES string of the molecule is COC(=O)CCN1CCN(C/C=C/c2ccccc2)CC1. The number of methoxy groups -OCH3 is 1. The third kappa shape index (κ3) is 5.69. The van der Waals surface area contributed by atoms with E-state index in [1.165, 1.54) is 12.7 Å². The summed E-state index contributed by atoms with van der Waals surface area (Å²) >= 11 is 0. The van der Waals surface area contributed by atoms with Crippen LogP contribution in [0.1, 0.15) is 12.0 Å². The van der Waals surface area contributed by atoms with Crippen LogP contribution in [-0.2, 0) is 9.53 Å². The number of benzene rings is 1. The van der Waals surface area contributed by atoms with Gasteiger partial charge in [-0.1, -0.05) is 42.5 Å². The summed E-state index contributed by atoms with van der Waals surface area (Å²) in [4.78, 5) is 15.9. The minimum atomic E-state index is -0.122. The fraction of sp³-hybridized carbons (Fsp3) is 0.471. The summed E-state index contributed by atoms with van der Waals surface area (Å²) in [5.74, 6) is -0.122. The molecule has 1 saturated heterocycles. The van der Waals surface area contributed by atoms with Gasteiger partial charge in [0.05, 0.1) is 13.5 Å². The van der Waals surface area contributed by atoms with Crippen molar-refractivity contribution in [2.75, 3.05) is 46.4 Å². The highest BCUT2D eigenvalue weighted by Gasteiger charge is 2.16. The van der Waals surface area contributed by atoms with Crippen LogP contribution in [0, 0.1) is 0 Å². The normalized spacial score (nSPS) is 17.2. The number of carbonyl (C=O) groups is 1. The van der Waals surface area contributed by atoms with Gasteiger partial charge in [-0.25, -0.2) is 0 Å². The maximum absolute atomic E-state index is 11.1. The van der Waals surface area contributed by atoms with E-state index < -0.39 is 0 Å². The fourth-order valence-corrected chi connectivity index (χ4v) is 2.45. The predicted molar refractivity (Wildman–Crippen MR) is 85.0 cm³/mol. The highest BCUT2D eigenvalue weighted by atomic mass is 16.5. The van der Waals surface area contributed by atoms with Crippen LogP contribution < -0.4 is 0 Å². The number of ether oxygens (including phenoxy) is 1. The summed E-state index contributed by atoms with van der Waals surface area (Å²) in [7, 11) is 1.44. The Balaban J connectivity index is 1.65. The summed E-state index contributed by atoms with van der Waals surface area (Å²) in [5.41, 5.74) is 1.24. The first kappa shape index (κ1) is 15.7. The van der Waals surface area contributed by atoms with Gasteiger partial charge in [-0.3, -0.25) is 9.69 Å². The van der Waals surface area contributed by atoms with Crippen LogP contribution in [0.4, 0.5) is 0 Å². The monoisotopic (exact) mass is 288 g/mol. The molecule has 2 rings (SSSR count). The number of hydrogen-bond donors (Lipinski definition) is 0. The van der Waals surface area contributed by atoms with Crippen molar-refractivity contribution in [2.45, 2.75) is 6.42 Å². The van der Waals surface area contributed by atoms with E-state index >= 15 is 0 Å². The average Bonchev–Trinajstić information content (AvgIpc) is 2.55. The van der Waals surface area contributed by atoms with E-state index in [-0.39, 0.29) is 5.97 Å². The largest absolute Gasteiger partial charge is 0.469 e. The molecule has 0 N–H and O–H groups in total. The lowest BCUT2D eigenvalue weighted by molar-refractivity contribution is -0.141. The van der Waals surface area contributed by atoms with Crippen LogP contribution in [0.2, 0.25) is 0 Å². The molecular weight excluding hydrogens is 264 g/mol. The summed E-state index contributed by atoms with van der Waals surface area (Å²) in [6.45, 7) is 5.95. The van der Waals surface area contributed by atoms with Gasteiger partial charge in [-0.15, -0.1) is 0 Å². The van der Waals surface area contributed by atoms with Crippen LogP contribution >= 0.6 is 0 Å². The van der Waals surface area contributed by atoms with Crippen molar-refractivity contribution in [3.05, 3.63) is 42.0 Å². The second-order valence-corrected chi connectivity index (χ2v) is 5.28. The van der Waals surface area contributed by atoms with Gasteiger partial charge in [0, 0.05) is 39.3 Å². The first-order chi connectivity index (χ1) is 10.3. The zero-order valence-electron chi connectivity index (χ0n) is 12.7. The molecular formula is C17H24N2O2. The molecule has 1 heterocycles. The van der Waals surface area contributed by atoms with Crippen LogP contribution in [0.25, 0.3) is 6.08 Å². The lowest BCUT2D eigenvalue weighted by Crippen LogP contribution is -2.46. The molecule has 0 unspecified atom stereocenters. The maximum Gasteiger partial charge on any atom is 0.306 e. The van der Waals surface area contributed by atoms with Crippen LogP contribution in [0.15, 0.2) is 36.4 Å². The molecule has 21 heavy (non-hydrogen) atoms. The Labute approximate surface area is 127 Å². The molecule has 0 amide bonds. The van der Waals surface area contributed by atoms with E-state index in [2.05, 4.69) is 51.0 Å². The van der Waals surface area contributed by atoms with E-state index in [1.54, 1.807) is 0 Å². The van der Waals surface area contributed by atoms with Crippen molar-refractivity contribution < 1.29 is 9.53 Å². The summed E-state index contributed by atoms with van der Waals surface area (Å²) in [6, 6.07) is 10.4. The first-order valence-electron chi connectivity index (χ1n) is 7.51. The third-order valence-electron chi connectivity index (χ3n) is 3.80. The van der Waals surface area contributed by atoms with Crippen LogP contribution in [0.3, 0.4) is 0 Å². The highest BCUT2D eigenvalue weighted by molar-refractivity contribution is 5.69. The summed E-state index contributed by atoms with van der Waals surface area (Å²) in [5, 5.41) is 0. The van der Waals surface area contributed by atoms with E-state index in [1.807, 2.05) is 6.07 Å². The number of nitrogens with zero attached hydrogens (tertiary/aromatic N) is 2. The number of rotatable bonds is 6. The summed E-state index contributed by atoms with van der Waals surface area (Å²) in [6.07, 6.45) is 4.88. The van der Waals surface area contributed by atoms with Gasteiger partial charge in [0.2, 0.25) is 0 Å². The second-order valence-electron chi connectivity index (χ2n) is 5.28. The van der Waals surface area contributed by atoms with Crippen molar-refractivity contribution in [1.29, 1.82) is 0 Å².